The molecule has 0 aliphatic rings. The van der Waals surface area contributed by atoms with Crippen molar-refractivity contribution in [2.24, 2.45) is 5.92 Å². The molecule has 0 atom stereocenters. The number of hydrogen-bond acceptors (Lipinski definition) is 3. The summed E-state index contributed by atoms with van der Waals surface area (Å²) in [5, 5.41) is 4.69. The minimum atomic E-state index is 0.295. The van der Waals surface area contributed by atoms with Crippen molar-refractivity contribution in [3.8, 4) is 0 Å². The Bertz CT molecular complexity index is 540. The number of nitrogens with one attached hydrogen (secondary N) is 1. The smallest absolute Gasteiger partial charge is 0.224 e. The van der Waals surface area contributed by atoms with Gasteiger partial charge in [0.2, 0.25) is 5.28 Å². The van der Waals surface area contributed by atoms with E-state index >= 15 is 0 Å². The Labute approximate surface area is 119 Å². The van der Waals surface area contributed by atoms with E-state index in [0.29, 0.717) is 5.28 Å². The van der Waals surface area contributed by atoms with Gasteiger partial charge in [-0.15, -0.1) is 0 Å². The van der Waals surface area contributed by atoms with Gasteiger partial charge in [0.05, 0.1) is 5.52 Å². The molecule has 1 aromatic carbocycles. The van der Waals surface area contributed by atoms with Gasteiger partial charge in [0, 0.05) is 11.9 Å². The van der Waals surface area contributed by atoms with E-state index in [4.69, 9.17) is 11.6 Å². The van der Waals surface area contributed by atoms with Crippen molar-refractivity contribution < 1.29 is 0 Å². The molecule has 0 bridgehead atoms. The zero-order chi connectivity index (χ0) is 13.7. The monoisotopic (exact) mass is 277 g/mol. The summed E-state index contributed by atoms with van der Waals surface area (Å²) in [5.74, 6) is 1.61. The van der Waals surface area contributed by atoms with Gasteiger partial charge in [-0.3, -0.25) is 0 Å². The summed E-state index contributed by atoms with van der Waals surface area (Å²) in [6.07, 6.45) is 3.66. The van der Waals surface area contributed by atoms with Crippen LogP contribution in [0.3, 0.4) is 0 Å². The first-order valence-corrected chi connectivity index (χ1v) is 7.21. The average molecular weight is 278 g/mol. The van der Waals surface area contributed by atoms with Crippen molar-refractivity contribution >= 4 is 28.3 Å². The molecule has 1 N–H and O–H groups in total. The zero-order valence-corrected chi connectivity index (χ0v) is 12.2. The fraction of sp³-hybridized carbons (Fsp3) is 0.467. The van der Waals surface area contributed by atoms with Crippen LogP contribution in [0, 0.1) is 5.92 Å². The Morgan fingerprint density at radius 3 is 2.74 bits per heavy atom. The standard InChI is InChI=1S/C15H20ClN3/c1-11(2)7-5-6-10-17-14-12-8-3-4-9-13(12)18-15(16)19-14/h3-4,8-9,11H,5-7,10H2,1-2H3,(H,17,18,19). The van der Waals surface area contributed by atoms with Crippen molar-refractivity contribution in [2.75, 3.05) is 11.9 Å². The molecule has 0 aliphatic heterocycles. The molecule has 0 spiro atoms. The maximum absolute atomic E-state index is 5.94. The average Bonchev–Trinajstić information content (AvgIpc) is 2.37. The summed E-state index contributed by atoms with van der Waals surface area (Å²) < 4.78 is 0. The highest BCUT2D eigenvalue weighted by Crippen LogP contribution is 2.21. The maximum atomic E-state index is 5.94. The third-order valence-electron chi connectivity index (χ3n) is 3.08. The number of benzene rings is 1. The van der Waals surface area contributed by atoms with Crippen LogP contribution in [0.4, 0.5) is 5.82 Å². The number of para-hydroxylation sites is 1. The Morgan fingerprint density at radius 1 is 1.16 bits per heavy atom. The van der Waals surface area contributed by atoms with Crippen LogP contribution in [-0.2, 0) is 0 Å². The molecule has 102 valence electrons. The Balaban J connectivity index is 2.00. The summed E-state index contributed by atoms with van der Waals surface area (Å²) in [6.45, 7) is 5.43. The number of nitrogens with zero attached hydrogens (tertiary/aromatic N) is 2. The summed E-state index contributed by atoms with van der Waals surface area (Å²) in [4.78, 5) is 8.50. The molecule has 0 aliphatic carbocycles. The Morgan fingerprint density at radius 2 is 1.95 bits per heavy atom. The van der Waals surface area contributed by atoms with Gasteiger partial charge in [-0.2, -0.15) is 0 Å². The molecular formula is C15H20ClN3. The fourth-order valence-corrected chi connectivity index (χ4v) is 2.24. The number of fused-ring (bicyclic) bond motifs is 1. The number of anilines is 1. The molecule has 2 rings (SSSR count). The predicted octanol–water partition coefficient (Wildman–Crippen LogP) is 4.52. The molecule has 3 nitrogen and oxygen atoms in total. The van der Waals surface area contributed by atoms with Gasteiger partial charge >= 0.3 is 0 Å². The lowest BCUT2D eigenvalue weighted by Gasteiger charge is -2.09. The molecule has 0 amide bonds. The van der Waals surface area contributed by atoms with Gasteiger partial charge in [0.15, 0.2) is 0 Å². The summed E-state index contributed by atoms with van der Waals surface area (Å²) >= 11 is 5.94. The van der Waals surface area contributed by atoms with Crippen molar-refractivity contribution in [2.45, 2.75) is 33.1 Å². The van der Waals surface area contributed by atoms with E-state index in [1.54, 1.807) is 0 Å². The fourth-order valence-electron chi connectivity index (χ4n) is 2.07. The lowest BCUT2D eigenvalue weighted by Crippen LogP contribution is -2.05. The molecule has 1 heterocycles. The third kappa shape index (κ3) is 4.06. The zero-order valence-electron chi connectivity index (χ0n) is 11.5. The van der Waals surface area contributed by atoms with Gasteiger partial charge in [0.1, 0.15) is 5.82 Å². The SMILES string of the molecule is CC(C)CCCCNc1nc(Cl)nc2ccccc12. The van der Waals surface area contributed by atoms with Crippen LogP contribution in [0.5, 0.6) is 0 Å². The van der Waals surface area contributed by atoms with Crippen LogP contribution in [0.25, 0.3) is 10.9 Å². The highest BCUT2D eigenvalue weighted by atomic mass is 35.5. The van der Waals surface area contributed by atoms with Crippen LogP contribution in [0.2, 0.25) is 5.28 Å². The van der Waals surface area contributed by atoms with E-state index in [1.165, 1.54) is 12.8 Å². The number of halogens is 1. The molecule has 0 saturated carbocycles. The van der Waals surface area contributed by atoms with Crippen LogP contribution in [0.1, 0.15) is 33.1 Å². The Kier molecular flexibility index (Phi) is 4.97. The van der Waals surface area contributed by atoms with E-state index in [2.05, 4.69) is 29.1 Å². The van der Waals surface area contributed by atoms with Crippen LogP contribution in [0.15, 0.2) is 24.3 Å². The maximum Gasteiger partial charge on any atom is 0.224 e. The van der Waals surface area contributed by atoms with E-state index in [1.807, 2.05) is 24.3 Å². The minimum Gasteiger partial charge on any atom is -0.369 e. The number of aromatic nitrogens is 2. The molecular weight excluding hydrogens is 258 g/mol. The van der Waals surface area contributed by atoms with E-state index in [0.717, 1.165) is 35.6 Å². The van der Waals surface area contributed by atoms with Crippen LogP contribution in [-0.4, -0.2) is 16.5 Å². The molecule has 0 saturated heterocycles. The first-order chi connectivity index (χ1) is 9.16. The molecule has 0 unspecified atom stereocenters. The first kappa shape index (κ1) is 14.1. The van der Waals surface area contributed by atoms with E-state index in [-0.39, 0.29) is 0 Å². The highest BCUT2D eigenvalue weighted by Gasteiger charge is 2.05. The summed E-state index contributed by atoms with van der Waals surface area (Å²) in [5.41, 5.74) is 0.882. The van der Waals surface area contributed by atoms with E-state index in [9.17, 15) is 0 Å². The van der Waals surface area contributed by atoms with Gasteiger partial charge in [0.25, 0.3) is 0 Å². The van der Waals surface area contributed by atoms with Crippen molar-refractivity contribution in [3.63, 3.8) is 0 Å². The van der Waals surface area contributed by atoms with E-state index < -0.39 is 0 Å². The quantitative estimate of drug-likeness (QED) is 0.623. The van der Waals surface area contributed by atoms with Crippen LogP contribution >= 0.6 is 11.6 Å². The van der Waals surface area contributed by atoms with Gasteiger partial charge < -0.3 is 5.32 Å². The second-order valence-corrected chi connectivity index (χ2v) is 5.51. The lowest BCUT2D eigenvalue weighted by atomic mass is 10.1. The molecule has 1 aromatic heterocycles. The van der Waals surface area contributed by atoms with Crippen molar-refractivity contribution in [1.82, 2.24) is 9.97 Å². The molecule has 4 heteroatoms. The van der Waals surface area contributed by atoms with Crippen molar-refractivity contribution in [3.05, 3.63) is 29.5 Å². The predicted molar refractivity (Wildman–Crippen MR) is 81.7 cm³/mol. The van der Waals surface area contributed by atoms with Crippen molar-refractivity contribution in [1.29, 1.82) is 0 Å². The van der Waals surface area contributed by atoms with Gasteiger partial charge in [-0.1, -0.05) is 38.8 Å². The number of hydrogen-bond donors (Lipinski definition) is 1. The van der Waals surface area contributed by atoms with Gasteiger partial charge in [-0.05, 0) is 36.1 Å². The minimum absolute atomic E-state index is 0.295. The lowest BCUT2D eigenvalue weighted by molar-refractivity contribution is 0.544. The normalized spacial score (nSPS) is 11.2. The second kappa shape index (κ2) is 6.71. The first-order valence-electron chi connectivity index (χ1n) is 6.83. The van der Waals surface area contributed by atoms with Crippen LogP contribution < -0.4 is 5.32 Å². The van der Waals surface area contributed by atoms with Gasteiger partial charge in [-0.25, -0.2) is 9.97 Å². The molecule has 19 heavy (non-hydrogen) atoms. The largest absolute Gasteiger partial charge is 0.369 e. The molecule has 0 radical (unpaired) electrons. The molecule has 0 fully saturated rings. The second-order valence-electron chi connectivity index (χ2n) is 5.17. The highest BCUT2D eigenvalue weighted by molar-refractivity contribution is 6.28. The number of unbranched alkanes of at least 4 members (excludes halogenated alkanes) is 1. The Hall–Kier alpha value is -1.35. The number of rotatable bonds is 6. The summed E-state index contributed by atoms with van der Waals surface area (Å²) in [7, 11) is 0. The summed E-state index contributed by atoms with van der Waals surface area (Å²) in [6, 6.07) is 7.91. The third-order valence-corrected chi connectivity index (χ3v) is 3.25. The topological polar surface area (TPSA) is 37.8 Å². The molecule has 2 aromatic rings.